The number of rotatable bonds is 6. The summed E-state index contributed by atoms with van der Waals surface area (Å²) >= 11 is 13.3. The molecule has 3 aromatic rings. The van der Waals surface area contributed by atoms with Crippen molar-refractivity contribution in [1.29, 1.82) is 0 Å². The Morgan fingerprint density at radius 1 is 1.00 bits per heavy atom. The molecule has 10 heteroatoms. The number of thioether (sulfide) groups is 1. The molecule has 1 aliphatic rings. The van der Waals surface area contributed by atoms with Crippen molar-refractivity contribution >= 4 is 69.9 Å². The third kappa shape index (κ3) is 6.22. The Hall–Kier alpha value is -3.33. The number of amidine groups is 1. The molecule has 178 valence electrons. The van der Waals surface area contributed by atoms with E-state index in [1.807, 2.05) is 24.3 Å². The number of hydrogen-bond acceptors (Lipinski definition) is 5. The van der Waals surface area contributed by atoms with Crippen LogP contribution >= 0.6 is 35.0 Å². The van der Waals surface area contributed by atoms with Crippen LogP contribution in [0.5, 0.6) is 0 Å². The Morgan fingerprint density at radius 3 is 2.51 bits per heavy atom. The minimum atomic E-state index is -0.477. The first-order valence-corrected chi connectivity index (χ1v) is 12.2. The molecule has 1 aliphatic heterocycles. The minimum Gasteiger partial charge on any atom is -0.322 e. The van der Waals surface area contributed by atoms with Crippen molar-refractivity contribution in [3.8, 4) is 0 Å². The maximum absolute atomic E-state index is 12.7. The van der Waals surface area contributed by atoms with Crippen molar-refractivity contribution < 1.29 is 14.4 Å². The monoisotopic (exact) mass is 526 g/mol. The molecule has 3 aromatic carbocycles. The average molecular weight is 527 g/mol. The normalized spacial score (nSPS) is 13.9. The molecule has 7 nitrogen and oxygen atoms in total. The smallest absolute Gasteiger partial charge is 0.257 e. The molecule has 0 spiro atoms. The molecule has 4 rings (SSSR count). The summed E-state index contributed by atoms with van der Waals surface area (Å²) in [7, 11) is 0. The molecule has 1 unspecified atom stereocenters. The maximum atomic E-state index is 12.7. The zero-order valence-electron chi connectivity index (χ0n) is 18.5. The summed E-state index contributed by atoms with van der Waals surface area (Å²) in [6, 6.07) is 20.8. The highest BCUT2D eigenvalue weighted by Gasteiger charge is 2.27. The molecule has 1 heterocycles. The Balaban J connectivity index is 1.37. The van der Waals surface area contributed by atoms with Gasteiger partial charge >= 0.3 is 0 Å². The van der Waals surface area contributed by atoms with Gasteiger partial charge in [-0.1, -0.05) is 47.5 Å². The number of halogens is 2. The van der Waals surface area contributed by atoms with Crippen LogP contribution in [-0.2, 0) is 9.59 Å². The number of nitrogens with zero attached hydrogens (tertiary/aromatic N) is 2. The Labute approximate surface area is 216 Å². The molecule has 0 saturated heterocycles. The fraction of sp³-hybridized carbons (Fsp3) is 0.120. The first kappa shape index (κ1) is 24.8. The number of hydrogen-bond donors (Lipinski definition) is 2. The van der Waals surface area contributed by atoms with E-state index in [2.05, 4.69) is 15.7 Å². The van der Waals surface area contributed by atoms with E-state index in [4.69, 9.17) is 23.2 Å². The first-order chi connectivity index (χ1) is 16.8. The number of hydrazone groups is 1. The summed E-state index contributed by atoms with van der Waals surface area (Å²) in [5, 5.41) is 11.3. The largest absolute Gasteiger partial charge is 0.322 e. The average Bonchev–Trinajstić information content (AvgIpc) is 3.19. The van der Waals surface area contributed by atoms with E-state index in [1.165, 1.54) is 22.8 Å². The maximum Gasteiger partial charge on any atom is 0.257 e. The molecular formula is C25H20Cl2N4O3S. The van der Waals surface area contributed by atoms with E-state index < -0.39 is 5.25 Å². The van der Waals surface area contributed by atoms with Crippen molar-refractivity contribution in [3.63, 3.8) is 0 Å². The quantitative estimate of drug-likeness (QED) is 0.409. The fourth-order valence-corrected chi connectivity index (χ4v) is 4.71. The second-order valence-electron chi connectivity index (χ2n) is 7.62. The van der Waals surface area contributed by atoms with Crippen molar-refractivity contribution in [3.05, 3.63) is 88.4 Å². The lowest BCUT2D eigenvalue weighted by Gasteiger charge is -2.13. The van der Waals surface area contributed by atoms with Crippen molar-refractivity contribution in [2.45, 2.75) is 23.5 Å². The highest BCUT2D eigenvalue weighted by atomic mass is 35.5. The van der Waals surface area contributed by atoms with Crippen LogP contribution in [0.25, 0.3) is 0 Å². The van der Waals surface area contributed by atoms with Crippen LogP contribution in [0.2, 0.25) is 10.0 Å². The van der Waals surface area contributed by atoms with Gasteiger partial charge in [0.15, 0.2) is 0 Å². The molecule has 2 N–H and O–H groups in total. The molecule has 0 bridgehead atoms. The molecule has 0 aromatic heterocycles. The van der Waals surface area contributed by atoms with Gasteiger partial charge in [0, 0.05) is 15.6 Å². The fourth-order valence-electron chi connectivity index (χ4n) is 3.29. The van der Waals surface area contributed by atoms with Gasteiger partial charge in [-0.15, -0.1) is 11.8 Å². The van der Waals surface area contributed by atoms with Gasteiger partial charge in [-0.3, -0.25) is 14.4 Å². The van der Waals surface area contributed by atoms with Crippen LogP contribution in [0, 0.1) is 0 Å². The van der Waals surface area contributed by atoms with Gasteiger partial charge in [-0.05, 0) is 55.5 Å². The Kier molecular flexibility index (Phi) is 7.75. The van der Waals surface area contributed by atoms with Gasteiger partial charge in [0.1, 0.15) is 5.84 Å². The Bertz CT molecular complexity index is 1320. The number of nitrogens with one attached hydrogen (secondary N) is 2. The lowest BCUT2D eigenvalue weighted by Crippen LogP contribution is -2.35. The summed E-state index contributed by atoms with van der Waals surface area (Å²) in [6.45, 7) is 1.75. The number of anilines is 2. The molecule has 0 aliphatic carbocycles. The van der Waals surface area contributed by atoms with Crippen molar-refractivity contribution in [1.82, 2.24) is 5.32 Å². The summed E-state index contributed by atoms with van der Waals surface area (Å²) in [4.78, 5) is 38.4. The number of benzene rings is 3. The zero-order valence-corrected chi connectivity index (χ0v) is 20.8. The predicted octanol–water partition coefficient (Wildman–Crippen LogP) is 5.59. The highest BCUT2D eigenvalue weighted by Crippen LogP contribution is 2.27. The van der Waals surface area contributed by atoms with Gasteiger partial charge in [0.05, 0.1) is 27.9 Å². The predicted molar refractivity (Wildman–Crippen MR) is 140 cm³/mol. The van der Waals surface area contributed by atoms with Gasteiger partial charge in [-0.2, -0.15) is 10.1 Å². The second-order valence-corrected chi connectivity index (χ2v) is 9.88. The topological polar surface area (TPSA) is 90.9 Å². The molecule has 0 radical (unpaired) electrons. The number of carbonyl (C=O) groups excluding carboxylic acids is 3. The number of amides is 3. The van der Waals surface area contributed by atoms with E-state index in [9.17, 15) is 14.4 Å². The van der Waals surface area contributed by atoms with Gasteiger partial charge in [-0.25, -0.2) is 0 Å². The first-order valence-electron chi connectivity index (χ1n) is 10.6. The van der Waals surface area contributed by atoms with Crippen LogP contribution in [-0.4, -0.2) is 28.8 Å². The van der Waals surface area contributed by atoms with Crippen LogP contribution in [0.3, 0.4) is 0 Å². The molecule has 1 atom stereocenters. The molecule has 0 fully saturated rings. The Morgan fingerprint density at radius 2 is 1.77 bits per heavy atom. The van der Waals surface area contributed by atoms with Gasteiger partial charge < -0.3 is 10.6 Å². The molecular weight excluding hydrogens is 507 g/mol. The minimum absolute atomic E-state index is 0.0206. The van der Waals surface area contributed by atoms with E-state index in [-0.39, 0.29) is 29.2 Å². The molecule has 3 amide bonds. The summed E-state index contributed by atoms with van der Waals surface area (Å²) in [5.41, 5.74) is 1.50. The lowest BCUT2D eigenvalue weighted by atomic mass is 10.2. The standard InChI is InChI=1S/C25H20Cl2N4O3S/c1-15(24(33)29-22-14-23(32)31(30-22)18-7-3-2-4-8-18)35-19-9-5-6-17(13-19)28-25(34)20-11-10-16(26)12-21(20)27/h2-13,15H,14H2,1H3,(H,28,34)(H,29,30,33). The van der Waals surface area contributed by atoms with Crippen LogP contribution in [0.1, 0.15) is 23.7 Å². The third-order valence-electron chi connectivity index (χ3n) is 4.99. The SMILES string of the molecule is CC(Sc1cccc(NC(=O)c2ccc(Cl)cc2Cl)c1)C(=O)NC1=NN(c2ccccc2)C(=O)C1. The van der Waals surface area contributed by atoms with Crippen molar-refractivity contribution in [2.24, 2.45) is 5.10 Å². The molecule has 0 saturated carbocycles. The van der Waals surface area contributed by atoms with Crippen LogP contribution in [0.15, 0.2) is 82.8 Å². The number of para-hydroxylation sites is 1. The highest BCUT2D eigenvalue weighted by molar-refractivity contribution is 8.00. The van der Waals surface area contributed by atoms with E-state index in [1.54, 1.807) is 49.4 Å². The van der Waals surface area contributed by atoms with E-state index >= 15 is 0 Å². The van der Waals surface area contributed by atoms with E-state index in [0.29, 0.717) is 27.8 Å². The van der Waals surface area contributed by atoms with Crippen molar-refractivity contribution in [2.75, 3.05) is 10.3 Å². The zero-order chi connectivity index (χ0) is 24.9. The summed E-state index contributed by atoms with van der Waals surface area (Å²) < 4.78 is 0. The third-order valence-corrected chi connectivity index (χ3v) is 6.64. The number of carbonyl (C=O) groups is 3. The van der Waals surface area contributed by atoms with E-state index in [0.717, 1.165) is 4.90 Å². The summed E-state index contributed by atoms with van der Waals surface area (Å²) in [6.07, 6.45) is 0.0206. The molecule has 35 heavy (non-hydrogen) atoms. The lowest BCUT2D eigenvalue weighted by molar-refractivity contribution is -0.118. The summed E-state index contributed by atoms with van der Waals surface area (Å²) in [5.74, 6) is -0.557. The van der Waals surface area contributed by atoms with Gasteiger partial charge in [0.25, 0.3) is 11.8 Å². The van der Waals surface area contributed by atoms with Gasteiger partial charge in [0.2, 0.25) is 5.91 Å². The second kappa shape index (κ2) is 10.9. The van der Waals surface area contributed by atoms with Crippen LogP contribution < -0.4 is 15.6 Å². The van der Waals surface area contributed by atoms with Crippen LogP contribution in [0.4, 0.5) is 11.4 Å².